The van der Waals surface area contributed by atoms with Crippen LogP contribution in [0.2, 0.25) is 10.2 Å². The number of carbonyl (C=O) groups excluding carboxylic acids is 1. The molecular formula is C23H26Cl2N4O3. The van der Waals surface area contributed by atoms with Crippen molar-refractivity contribution >= 4 is 29.1 Å². The zero-order valence-corrected chi connectivity index (χ0v) is 19.8. The van der Waals surface area contributed by atoms with Gasteiger partial charge in [-0.2, -0.15) is 0 Å². The second kappa shape index (κ2) is 10.8. The Bertz CT molecular complexity index is 1170. The Balaban J connectivity index is 1.68. The number of nitrogens with one attached hydrogen (secondary N) is 2. The molecule has 0 aliphatic heterocycles. The van der Waals surface area contributed by atoms with Crippen LogP contribution in [0.1, 0.15) is 33.8 Å². The van der Waals surface area contributed by atoms with Gasteiger partial charge in [0.15, 0.2) is 5.89 Å². The molecule has 1 amide bonds. The van der Waals surface area contributed by atoms with Gasteiger partial charge in [-0.1, -0.05) is 17.7 Å². The average Bonchev–Trinajstić information content (AvgIpc) is 3.07. The predicted octanol–water partition coefficient (Wildman–Crippen LogP) is 3.58. The number of nitrogens with zero attached hydrogens (tertiary/aromatic N) is 2. The number of amides is 1. The largest absolute Gasteiger partial charge is 0.429 e. The highest BCUT2D eigenvalue weighted by Gasteiger charge is 2.14. The highest BCUT2D eigenvalue weighted by molar-refractivity contribution is 6.30. The van der Waals surface area contributed by atoms with Crippen LogP contribution in [-0.4, -0.2) is 22.5 Å². The van der Waals surface area contributed by atoms with E-state index in [4.69, 9.17) is 27.6 Å². The van der Waals surface area contributed by atoms with Crippen molar-refractivity contribution in [2.75, 3.05) is 7.05 Å². The SMILES string of the molecule is CNCc1ccc(Cl)cc1CNC(=O)Cc1c(C)ccn(CCc2nc(C)oc2Cl)c1=O. The molecule has 0 saturated carbocycles. The molecule has 3 aromatic rings. The number of halogens is 2. The molecular weight excluding hydrogens is 451 g/mol. The Hall–Kier alpha value is -2.61. The van der Waals surface area contributed by atoms with Crippen molar-refractivity contribution in [1.29, 1.82) is 0 Å². The first-order chi connectivity index (χ1) is 15.3. The van der Waals surface area contributed by atoms with Crippen molar-refractivity contribution in [2.45, 2.75) is 46.3 Å². The molecule has 2 N–H and O–H groups in total. The number of pyridine rings is 1. The van der Waals surface area contributed by atoms with E-state index in [1.807, 2.05) is 38.2 Å². The lowest BCUT2D eigenvalue weighted by molar-refractivity contribution is -0.120. The van der Waals surface area contributed by atoms with Gasteiger partial charge in [-0.05, 0) is 60.5 Å². The molecule has 0 bridgehead atoms. The summed E-state index contributed by atoms with van der Waals surface area (Å²) in [6.07, 6.45) is 2.17. The molecule has 2 aromatic heterocycles. The third-order valence-electron chi connectivity index (χ3n) is 5.19. The van der Waals surface area contributed by atoms with Gasteiger partial charge in [0.2, 0.25) is 11.1 Å². The molecule has 0 spiro atoms. The third kappa shape index (κ3) is 6.00. The Morgan fingerprint density at radius 2 is 1.94 bits per heavy atom. The fourth-order valence-corrected chi connectivity index (χ4v) is 3.91. The zero-order chi connectivity index (χ0) is 23.3. The van der Waals surface area contributed by atoms with Gasteiger partial charge >= 0.3 is 0 Å². The Morgan fingerprint density at radius 3 is 2.62 bits per heavy atom. The molecule has 2 heterocycles. The van der Waals surface area contributed by atoms with Gasteiger partial charge in [-0.15, -0.1) is 0 Å². The fourth-order valence-electron chi connectivity index (χ4n) is 3.47. The summed E-state index contributed by atoms with van der Waals surface area (Å²) in [5.74, 6) is 0.254. The topological polar surface area (TPSA) is 89.2 Å². The van der Waals surface area contributed by atoms with E-state index in [0.717, 1.165) is 16.7 Å². The minimum Gasteiger partial charge on any atom is -0.429 e. The summed E-state index contributed by atoms with van der Waals surface area (Å²) >= 11 is 12.1. The van der Waals surface area contributed by atoms with Crippen LogP contribution >= 0.6 is 23.2 Å². The number of oxazole rings is 1. The van der Waals surface area contributed by atoms with Gasteiger partial charge in [-0.25, -0.2) is 4.98 Å². The van der Waals surface area contributed by atoms with Crippen molar-refractivity contribution in [3.8, 4) is 0 Å². The van der Waals surface area contributed by atoms with E-state index in [-0.39, 0.29) is 23.1 Å². The molecule has 32 heavy (non-hydrogen) atoms. The van der Waals surface area contributed by atoms with Crippen LogP contribution in [-0.2, 0) is 37.3 Å². The Morgan fingerprint density at radius 1 is 1.16 bits per heavy atom. The quantitative estimate of drug-likeness (QED) is 0.492. The zero-order valence-electron chi connectivity index (χ0n) is 18.3. The molecule has 3 rings (SSSR count). The van der Waals surface area contributed by atoms with E-state index in [2.05, 4.69) is 15.6 Å². The molecule has 0 aliphatic rings. The number of hydrogen-bond acceptors (Lipinski definition) is 5. The highest BCUT2D eigenvalue weighted by Crippen LogP contribution is 2.18. The Kier molecular flexibility index (Phi) is 8.12. The van der Waals surface area contributed by atoms with E-state index in [9.17, 15) is 9.59 Å². The third-order valence-corrected chi connectivity index (χ3v) is 5.72. The normalized spacial score (nSPS) is 11.0. The molecule has 0 saturated heterocycles. The summed E-state index contributed by atoms with van der Waals surface area (Å²) in [5, 5.41) is 6.85. The second-order valence-electron chi connectivity index (χ2n) is 7.58. The minimum atomic E-state index is -0.228. The minimum absolute atomic E-state index is 0.00272. The summed E-state index contributed by atoms with van der Waals surface area (Å²) in [5.41, 5.74) is 3.63. The first-order valence-electron chi connectivity index (χ1n) is 10.3. The summed E-state index contributed by atoms with van der Waals surface area (Å²) in [4.78, 5) is 29.8. The maximum atomic E-state index is 13.0. The molecule has 0 fully saturated rings. The van der Waals surface area contributed by atoms with Gasteiger partial charge in [-0.3, -0.25) is 9.59 Å². The highest BCUT2D eigenvalue weighted by atomic mass is 35.5. The number of aromatic nitrogens is 2. The number of aryl methyl sites for hydroxylation is 4. The van der Waals surface area contributed by atoms with Gasteiger partial charge in [0, 0.05) is 49.8 Å². The number of benzene rings is 1. The van der Waals surface area contributed by atoms with Crippen LogP contribution < -0.4 is 16.2 Å². The van der Waals surface area contributed by atoms with Crippen molar-refractivity contribution in [1.82, 2.24) is 20.2 Å². The standard InChI is InChI=1S/C23H26Cl2N4O3/c1-14-6-8-29(9-7-20-22(25)32-15(2)28-20)23(31)19(14)11-21(30)27-13-17-10-18(24)5-4-16(17)12-26-3/h4-6,8,10,26H,7,9,11-13H2,1-3H3,(H,27,30). The van der Waals surface area contributed by atoms with Crippen molar-refractivity contribution in [3.63, 3.8) is 0 Å². The predicted molar refractivity (Wildman–Crippen MR) is 125 cm³/mol. The molecule has 170 valence electrons. The average molecular weight is 477 g/mol. The smallest absolute Gasteiger partial charge is 0.254 e. The number of carbonyl (C=O) groups is 1. The monoisotopic (exact) mass is 476 g/mol. The van der Waals surface area contributed by atoms with E-state index < -0.39 is 0 Å². The molecule has 0 unspecified atom stereocenters. The van der Waals surface area contributed by atoms with E-state index in [0.29, 0.717) is 48.2 Å². The molecule has 0 aliphatic carbocycles. The van der Waals surface area contributed by atoms with Gasteiger partial charge in [0.05, 0.1) is 6.42 Å². The van der Waals surface area contributed by atoms with Crippen molar-refractivity contribution in [2.24, 2.45) is 0 Å². The van der Waals surface area contributed by atoms with E-state index >= 15 is 0 Å². The van der Waals surface area contributed by atoms with E-state index in [1.165, 1.54) is 0 Å². The van der Waals surface area contributed by atoms with Crippen LogP contribution in [0.3, 0.4) is 0 Å². The molecule has 0 radical (unpaired) electrons. The van der Waals surface area contributed by atoms with Crippen LogP contribution in [0.5, 0.6) is 0 Å². The summed E-state index contributed by atoms with van der Waals surface area (Å²) in [6.45, 7) is 4.93. The van der Waals surface area contributed by atoms with Crippen molar-refractivity contribution in [3.05, 3.63) is 84.9 Å². The molecule has 9 heteroatoms. The number of hydrogen-bond donors (Lipinski definition) is 2. The second-order valence-corrected chi connectivity index (χ2v) is 8.36. The van der Waals surface area contributed by atoms with Crippen LogP contribution in [0.4, 0.5) is 0 Å². The summed E-state index contributed by atoms with van der Waals surface area (Å²) < 4.78 is 6.79. The lowest BCUT2D eigenvalue weighted by Gasteiger charge is -2.13. The van der Waals surface area contributed by atoms with E-state index in [1.54, 1.807) is 17.7 Å². The maximum absolute atomic E-state index is 13.0. The van der Waals surface area contributed by atoms with Crippen LogP contribution in [0.25, 0.3) is 0 Å². The molecule has 0 atom stereocenters. The van der Waals surface area contributed by atoms with Crippen LogP contribution in [0.15, 0.2) is 39.7 Å². The summed E-state index contributed by atoms with van der Waals surface area (Å²) in [6, 6.07) is 7.43. The van der Waals surface area contributed by atoms with Crippen LogP contribution in [0, 0.1) is 13.8 Å². The van der Waals surface area contributed by atoms with Crippen molar-refractivity contribution < 1.29 is 9.21 Å². The first kappa shape index (κ1) is 24.0. The van der Waals surface area contributed by atoms with Gasteiger partial charge < -0.3 is 19.6 Å². The summed E-state index contributed by atoms with van der Waals surface area (Å²) in [7, 11) is 1.86. The molecule has 7 nitrogen and oxygen atoms in total. The lowest BCUT2D eigenvalue weighted by Crippen LogP contribution is -2.31. The van der Waals surface area contributed by atoms with Gasteiger partial charge in [0.25, 0.3) is 5.56 Å². The number of rotatable bonds is 9. The maximum Gasteiger partial charge on any atom is 0.254 e. The Labute approximate surface area is 196 Å². The molecule has 1 aromatic carbocycles. The fraction of sp³-hybridized carbons (Fsp3) is 0.348. The van der Waals surface area contributed by atoms with Gasteiger partial charge in [0.1, 0.15) is 5.69 Å². The lowest BCUT2D eigenvalue weighted by atomic mass is 10.1. The first-order valence-corrected chi connectivity index (χ1v) is 11.0.